The van der Waals surface area contributed by atoms with E-state index in [1.165, 1.54) is 24.8 Å². The third-order valence-electron chi connectivity index (χ3n) is 7.22. The Labute approximate surface area is 199 Å². The van der Waals surface area contributed by atoms with Crippen molar-refractivity contribution in [1.82, 2.24) is 9.88 Å². The number of hydrogen-bond acceptors (Lipinski definition) is 3. The van der Waals surface area contributed by atoms with Crippen LogP contribution >= 0.6 is 0 Å². The zero-order valence-corrected chi connectivity index (χ0v) is 21.4. The molecule has 1 aliphatic heterocycles. The van der Waals surface area contributed by atoms with E-state index in [0.29, 0.717) is 12.3 Å². The third kappa shape index (κ3) is 5.44. The summed E-state index contributed by atoms with van der Waals surface area (Å²) in [6, 6.07) is 5.54. The Bertz CT molecular complexity index is 961. The van der Waals surface area contributed by atoms with Gasteiger partial charge in [0, 0.05) is 35.0 Å². The molecule has 1 aromatic heterocycles. The number of rotatable bonds is 11. The van der Waals surface area contributed by atoms with Crippen LogP contribution in [0.5, 0.6) is 5.75 Å². The number of fused-ring (bicyclic) bond motifs is 3. The Kier molecular flexibility index (Phi) is 8.61. The molecule has 5 heteroatoms. The van der Waals surface area contributed by atoms with E-state index in [1.807, 2.05) is 17.0 Å². The molecule has 3 rings (SSSR count). The molecular weight excluding hydrogens is 412 g/mol. The van der Waals surface area contributed by atoms with E-state index < -0.39 is 6.04 Å². The Balaban J connectivity index is 2.03. The highest BCUT2D eigenvalue weighted by Crippen LogP contribution is 2.42. The van der Waals surface area contributed by atoms with Gasteiger partial charge in [0.15, 0.2) is 5.78 Å². The normalized spacial score (nSPS) is 19.1. The van der Waals surface area contributed by atoms with Gasteiger partial charge in [-0.2, -0.15) is 0 Å². The first-order valence-electron chi connectivity index (χ1n) is 12.8. The van der Waals surface area contributed by atoms with Gasteiger partial charge in [0.25, 0.3) is 0 Å². The molecule has 0 radical (unpaired) electrons. The number of hydrogen-bond donors (Lipinski definition) is 1. The Morgan fingerprint density at radius 1 is 1.18 bits per heavy atom. The van der Waals surface area contributed by atoms with Crippen molar-refractivity contribution in [2.45, 2.75) is 98.1 Å². The number of unbranched alkanes of at least 4 members (excludes halogenated alkanes) is 3. The van der Waals surface area contributed by atoms with Crippen molar-refractivity contribution in [2.75, 3.05) is 7.11 Å². The molecule has 3 atom stereocenters. The molecule has 0 fully saturated rings. The van der Waals surface area contributed by atoms with Crippen molar-refractivity contribution in [2.24, 2.45) is 11.8 Å². The number of H-pyrrole nitrogens is 1. The van der Waals surface area contributed by atoms with Crippen LogP contribution in [0.3, 0.4) is 0 Å². The van der Waals surface area contributed by atoms with Gasteiger partial charge < -0.3 is 14.6 Å². The van der Waals surface area contributed by atoms with Crippen LogP contribution in [0.4, 0.5) is 0 Å². The van der Waals surface area contributed by atoms with Gasteiger partial charge in [-0.3, -0.25) is 9.59 Å². The number of methoxy groups -OCH3 is 1. The van der Waals surface area contributed by atoms with Crippen molar-refractivity contribution in [3.05, 3.63) is 29.5 Å². The predicted octanol–water partition coefficient (Wildman–Crippen LogP) is 6.60. The molecule has 1 unspecified atom stereocenters. The molecule has 2 heterocycles. The molecule has 1 aromatic carbocycles. The number of nitrogens with zero attached hydrogens (tertiary/aromatic N) is 1. The summed E-state index contributed by atoms with van der Waals surface area (Å²) in [5.74, 6) is 1.41. The van der Waals surface area contributed by atoms with Crippen molar-refractivity contribution in [3.63, 3.8) is 0 Å². The van der Waals surface area contributed by atoms with Crippen LogP contribution in [0.25, 0.3) is 10.9 Å². The van der Waals surface area contributed by atoms with Crippen LogP contribution in [0.2, 0.25) is 0 Å². The topological polar surface area (TPSA) is 62.4 Å². The number of Topliss-reactive ketones (excluding diaryl/α,β-unsaturated/α-hetero) is 1. The SMILES string of the molecule is CCCCCC[C@@H](CC)C(=O)N1C(CC(C)C)c2[nH]c3cc(OC)ccc3c2C[C@H]1C(C)=O. The minimum Gasteiger partial charge on any atom is -0.497 e. The maximum Gasteiger partial charge on any atom is 0.226 e. The van der Waals surface area contributed by atoms with Crippen molar-refractivity contribution >= 4 is 22.6 Å². The average Bonchev–Trinajstić information content (AvgIpc) is 3.16. The average molecular weight is 455 g/mol. The number of ether oxygens (including phenoxy) is 1. The van der Waals surface area contributed by atoms with E-state index in [9.17, 15) is 9.59 Å². The Morgan fingerprint density at radius 2 is 1.94 bits per heavy atom. The number of carbonyl (C=O) groups excluding carboxylic acids is 2. The summed E-state index contributed by atoms with van der Waals surface area (Å²) in [6.45, 7) is 10.3. The summed E-state index contributed by atoms with van der Waals surface area (Å²) in [6.07, 6.45) is 7.76. The van der Waals surface area contributed by atoms with Gasteiger partial charge in [-0.25, -0.2) is 0 Å². The lowest BCUT2D eigenvalue weighted by Gasteiger charge is -2.43. The van der Waals surface area contributed by atoms with Crippen LogP contribution < -0.4 is 4.74 Å². The Hall–Kier alpha value is -2.30. The lowest BCUT2D eigenvalue weighted by molar-refractivity contribution is -0.147. The first kappa shape index (κ1) is 25.3. The summed E-state index contributed by atoms with van der Waals surface area (Å²) in [4.78, 5) is 32.5. The second-order valence-corrected chi connectivity index (χ2v) is 10.1. The fourth-order valence-corrected chi connectivity index (χ4v) is 5.39. The van der Waals surface area contributed by atoms with Crippen molar-refractivity contribution in [1.29, 1.82) is 0 Å². The van der Waals surface area contributed by atoms with E-state index in [4.69, 9.17) is 4.74 Å². The fourth-order valence-electron chi connectivity index (χ4n) is 5.39. The van der Waals surface area contributed by atoms with Crippen LogP contribution in [0, 0.1) is 11.8 Å². The van der Waals surface area contributed by atoms with Crippen LogP contribution in [-0.2, 0) is 16.0 Å². The largest absolute Gasteiger partial charge is 0.497 e. The number of amides is 1. The van der Waals surface area contributed by atoms with Gasteiger partial charge in [-0.1, -0.05) is 53.4 Å². The lowest BCUT2D eigenvalue weighted by Crippen LogP contribution is -2.52. The zero-order chi connectivity index (χ0) is 24.1. The number of benzene rings is 1. The fraction of sp³-hybridized carbons (Fsp3) is 0.643. The van der Waals surface area contributed by atoms with E-state index in [1.54, 1.807) is 14.0 Å². The quantitative estimate of drug-likeness (QED) is 0.389. The smallest absolute Gasteiger partial charge is 0.226 e. The third-order valence-corrected chi connectivity index (χ3v) is 7.22. The molecule has 0 saturated carbocycles. The second-order valence-electron chi connectivity index (χ2n) is 10.1. The number of ketones is 1. The van der Waals surface area contributed by atoms with Gasteiger partial charge in [-0.05, 0) is 49.8 Å². The van der Waals surface area contributed by atoms with Gasteiger partial charge >= 0.3 is 0 Å². The van der Waals surface area contributed by atoms with E-state index in [-0.39, 0.29) is 23.7 Å². The molecule has 0 spiro atoms. The van der Waals surface area contributed by atoms with Crippen LogP contribution in [0.1, 0.15) is 96.9 Å². The lowest BCUT2D eigenvalue weighted by atomic mass is 9.84. The summed E-state index contributed by atoms with van der Waals surface area (Å²) in [7, 11) is 1.67. The predicted molar refractivity (Wildman–Crippen MR) is 135 cm³/mol. The van der Waals surface area contributed by atoms with Gasteiger partial charge in [0.05, 0.1) is 19.2 Å². The number of aromatic amines is 1. The van der Waals surface area contributed by atoms with Crippen LogP contribution in [0.15, 0.2) is 18.2 Å². The molecule has 0 bridgehead atoms. The molecule has 2 aromatic rings. The summed E-state index contributed by atoms with van der Waals surface area (Å²) < 4.78 is 5.43. The minimum atomic E-state index is -0.403. The zero-order valence-electron chi connectivity index (χ0n) is 21.4. The summed E-state index contributed by atoms with van der Waals surface area (Å²) in [5.41, 5.74) is 3.29. The molecule has 5 nitrogen and oxygen atoms in total. The number of carbonyl (C=O) groups is 2. The van der Waals surface area contributed by atoms with E-state index >= 15 is 0 Å². The number of nitrogens with one attached hydrogen (secondary N) is 1. The maximum absolute atomic E-state index is 14.0. The monoisotopic (exact) mass is 454 g/mol. The molecule has 0 saturated heterocycles. The highest BCUT2D eigenvalue weighted by Gasteiger charge is 2.43. The van der Waals surface area contributed by atoms with Crippen molar-refractivity contribution in [3.8, 4) is 5.75 Å². The molecule has 1 aliphatic rings. The van der Waals surface area contributed by atoms with Gasteiger partial charge in [-0.15, -0.1) is 0 Å². The summed E-state index contributed by atoms with van der Waals surface area (Å²) >= 11 is 0. The highest BCUT2D eigenvalue weighted by molar-refractivity contribution is 5.93. The van der Waals surface area contributed by atoms with Gasteiger partial charge in [0.1, 0.15) is 5.75 Å². The Morgan fingerprint density at radius 3 is 2.55 bits per heavy atom. The second kappa shape index (κ2) is 11.2. The van der Waals surface area contributed by atoms with Crippen LogP contribution in [-0.4, -0.2) is 34.7 Å². The molecule has 0 aliphatic carbocycles. The highest BCUT2D eigenvalue weighted by atomic mass is 16.5. The van der Waals surface area contributed by atoms with Gasteiger partial charge in [0.2, 0.25) is 5.91 Å². The molecule has 33 heavy (non-hydrogen) atoms. The summed E-state index contributed by atoms with van der Waals surface area (Å²) in [5, 5.41) is 1.13. The minimum absolute atomic E-state index is 0.0237. The van der Waals surface area contributed by atoms with Crippen molar-refractivity contribution < 1.29 is 14.3 Å². The standard InChI is InChI=1S/C28H42N2O3/c1-7-9-10-11-12-20(8-2)28(32)30-25(19(5)31)17-23-22-14-13-21(33-6)16-24(22)29-27(23)26(30)15-18(3)4/h13-14,16,18,20,25-26,29H,7-12,15,17H2,1-6H3/t20-,25+,26?/m1/s1. The first-order valence-corrected chi connectivity index (χ1v) is 12.8. The van der Waals surface area contributed by atoms with E-state index in [2.05, 4.69) is 38.7 Å². The molecule has 1 amide bonds. The molecule has 182 valence electrons. The maximum atomic E-state index is 14.0. The molecule has 1 N–H and O–H groups in total. The first-order chi connectivity index (χ1) is 15.8. The molecular formula is C28H42N2O3. The number of aromatic nitrogens is 1. The van der Waals surface area contributed by atoms with E-state index in [0.717, 1.165) is 48.0 Å².